The van der Waals surface area contributed by atoms with Gasteiger partial charge in [0.25, 0.3) is 0 Å². The van der Waals surface area contributed by atoms with Crippen LogP contribution in [0.25, 0.3) is 11.0 Å². The predicted molar refractivity (Wildman–Crippen MR) is 64.6 cm³/mol. The summed E-state index contributed by atoms with van der Waals surface area (Å²) in [5.41, 5.74) is 1.92. The minimum Gasteiger partial charge on any atom is -0.458 e. The number of hydrogen-bond acceptors (Lipinski definition) is 3. The maximum atomic E-state index is 9.91. The van der Waals surface area contributed by atoms with Gasteiger partial charge in [0, 0.05) is 16.9 Å². The number of ether oxygens (including phenoxy) is 1. The van der Waals surface area contributed by atoms with Gasteiger partial charge in [-0.25, -0.2) is 0 Å². The molecular weight excluding hydrogens is 216 g/mol. The van der Waals surface area contributed by atoms with Crippen molar-refractivity contribution >= 4 is 11.0 Å². The molecule has 0 fully saturated rings. The molecule has 17 heavy (non-hydrogen) atoms. The van der Waals surface area contributed by atoms with Crippen molar-refractivity contribution in [3.8, 4) is 0 Å². The number of fused-ring (bicyclic) bond motifs is 3. The van der Waals surface area contributed by atoms with Crippen LogP contribution in [0.3, 0.4) is 0 Å². The largest absolute Gasteiger partial charge is 0.458 e. The van der Waals surface area contributed by atoms with Gasteiger partial charge >= 0.3 is 0 Å². The highest BCUT2D eigenvalue weighted by Gasteiger charge is 2.32. The number of rotatable bonds is 2. The number of hydrogen-bond donors (Lipinski definition) is 1. The minimum atomic E-state index is -0.776. The molecule has 0 saturated carbocycles. The van der Waals surface area contributed by atoms with Crippen molar-refractivity contribution < 1.29 is 14.3 Å². The molecule has 0 saturated heterocycles. The average Bonchev–Trinajstić information content (AvgIpc) is 2.72. The lowest BCUT2D eigenvalue weighted by Crippen LogP contribution is -2.26. The molecule has 0 spiro atoms. The second kappa shape index (κ2) is 4.02. The molecule has 1 aromatic carbocycles. The normalized spacial score (nSPS) is 23.6. The summed E-state index contributed by atoms with van der Waals surface area (Å²) in [5, 5.41) is 11.0. The molecule has 2 unspecified atom stereocenters. The van der Waals surface area contributed by atoms with Gasteiger partial charge in [0.15, 0.2) is 6.29 Å². The van der Waals surface area contributed by atoms with Crippen LogP contribution in [-0.4, -0.2) is 11.4 Å². The highest BCUT2D eigenvalue weighted by molar-refractivity contribution is 5.83. The third-order valence-electron chi connectivity index (χ3n) is 3.23. The Morgan fingerprint density at radius 2 is 2.24 bits per heavy atom. The second-order valence-corrected chi connectivity index (χ2v) is 4.27. The summed E-state index contributed by atoms with van der Waals surface area (Å²) < 4.78 is 11.1. The van der Waals surface area contributed by atoms with Gasteiger partial charge in [-0.2, -0.15) is 0 Å². The first-order valence-electron chi connectivity index (χ1n) is 5.72. The third kappa shape index (κ3) is 1.59. The molecule has 88 valence electrons. The molecule has 2 aromatic rings. The van der Waals surface area contributed by atoms with Crippen molar-refractivity contribution in [1.29, 1.82) is 0 Å². The fourth-order valence-electron chi connectivity index (χ4n) is 2.46. The Kier molecular flexibility index (Phi) is 2.50. The zero-order valence-electron chi connectivity index (χ0n) is 9.43. The van der Waals surface area contributed by atoms with E-state index in [9.17, 15) is 5.11 Å². The molecule has 0 bridgehead atoms. The summed E-state index contributed by atoms with van der Waals surface area (Å²) in [6.07, 6.45) is 1.70. The van der Waals surface area contributed by atoms with Crippen molar-refractivity contribution in [2.24, 2.45) is 0 Å². The van der Waals surface area contributed by atoms with E-state index in [-0.39, 0.29) is 5.92 Å². The van der Waals surface area contributed by atoms with Crippen LogP contribution in [-0.2, 0) is 11.3 Å². The molecule has 0 aliphatic carbocycles. The molecule has 2 atom stereocenters. The zero-order chi connectivity index (χ0) is 11.8. The Hall–Kier alpha value is -1.58. The Morgan fingerprint density at radius 1 is 1.41 bits per heavy atom. The smallest absolute Gasteiger partial charge is 0.162 e. The van der Waals surface area contributed by atoms with Crippen molar-refractivity contribution in [1.82, 2.24) is 0 Å². The average molecular weight is 230 g/mol. The third-order valence-corrected chi connectivity index (χ3v) is 3.23. The quantitative estimate of drug-likeness (QED) is 0.806. The lowest BCUT2D eigenvalue weighted by atomic mass is 9.91. The van der Waals surface area contributed by atoms with E-state index in [0.717, 1.165) is 22.3 Å². The molecule has 3 nitrogen and oxygen atoms in total. The van der Waals surface area contributed by atoms with Crippen molar-refractivity contribution in [2.45, 2.75) is 25.2 Å². The van der Waals surface area contributed by atoms with Crippen molar-refractivity contribution in [3.63, 3.8) is 0 Å². The number of para-hydroxylation sites is 1. The lowest BCUT2D eigenvalue weighted by Gasteiger charge is -2.26. The molecule has 3 heteroatoms. The number of furan rings is 1. The molecule has 1 aliphatic heterocycles. The number of aliphatic hydroxyl groups excluding tert-OH is 1. The molecule has 3 rings (SSSR count). The molecule has 1 aliphatic rings. The Labute approximate surface area is 99.3 Å². The molecular formula is C14H14O3. The van der Waals surface area contributed by atoms with Gasteiger partial charge in [0.2, 0.25) is 0 Å². The highest BCUT2D eigenvalue weighted by atomic mass is 16.6. The molecule has 2 heterocycles. The highest BCUT2D eigenvalue weighted by Crippen LogP contribution is 2.39. The Morgan fingerprint density at radius 3 is 3.06 bits per heavy atom. The molecule has 0 amide bonds. The summed E-state index contributed by atoms with van der Waals surface area (Å²) in [5.74, 6) is 0.739. The van der Waals surface area contributed by atoms with Crippen LogP contribution in [0.2, 0.25) is 0 Å². The summed E-state index contributed by atoms with van der Waals surface area (Å²) in [6, 6.07) is 7.87. The van der Waals surface area contributed by atoms with E-state index >= 15 is 0 Å². The number of benzene rings is 1. The van der Waals surface area contributed by atoms with E-state index < -0.39 is 6.29 Å². The lowest BCUT2D eigenvalue weighted by molar-refractivity contribution is -0.136. The summed E-state index contributed by atoms with van der Waals surface area (Å²) in [7, 11) is 0. The van der Waals surface area contributed by atoms with Crippen LogP contribution in [0.4, 0.5) is 0 Å². The fraction of sp³-hybridized carbons (Fsp3) is 0.286. The van der Waals surface area contributed by atoms with E-state index in [1.165, 1.54) is 0 Å². The first-order chi connectivity index (χ1) is 8.31. The maximum absolute atomic E-state index is 9.91. The van der Waals surface area contributed by atoms with E-state index in [2.05, 4.69) is 6.58 Å². The monoisotopic (exact) mass is 230 g/mol. The molecule has 1 aromatic heterocycles. The number of allylic oxidation sites excluding steroid dienone is 1. The summed E-state index contributed by atoms with van der Waals surface area (Å²) in [4.78, 5) is 0. The van der Waals surface area contributed by atoms with Crippen LogP contribution in [0.15, 0.2) is 41.3 Å². The van der Waals surface area contributed by atoms with Crippen molar-refractivity contribution in [2.75, 3.05) is 0 Å². The van der Waals surface area contributed by atoms with E-state index in [1.54, 1.807) is 6.08 Å². The Balaban J connectivity index is 2.20. The SMILES string of the molecule is C=CCC1c2c(oc3ccccc23)COC1O. The summed E-state index contributed by atoms with van der Waals surface area (Å²) in [6.45, 7) is 4.06. The first kappa shape index (κ1) is 10.6. The summed E-state index contributed by atoms with van der Waals surface area (Å²) >= 11 is 0. The van der Waals surface area contributed by atoms with Crippen LogP contribution < -0.4 is 0 Å². The Bertz CT molecular complexity index is 556. The van der Waals surface area contributed by atoms with Gasteiger partial charge in [-0.15, -0.1) is 6.58 Å². The van der Waals surface area contributed by atoms with Gasteiger partial charge in [-0.1, -0.05) is 24.3 Å². The number of aliphatic hydroxyl groups is 1. The molecule has 1 N–H and O–H groups in total. The second-order valence-electron chi connectivity index (χ2n) is 4.27. The van der Waals surface area contributed by atoms with E-state index in [1.807, 2.05) is 24.3 Å². The standard InChI is InChI=1S/C14H14O3/c1-2-5-10-13-9-6-3-4-7-11(9)17-12(13)8-16-14(10)15/h2-4,6-7,10,14-15H,1,5,8H2. The van der Waals surface area contributed by atoms with Crippen LogP contribution in [0, 0.1) is 0 Å². The van der Waals surface area contributed by atoms with Gasteiger partial charge in [0.05, 0.1) is 0 Å². The first-order valence-corrected chi connectivity index (χ1v) is 5.72. The topological polar surface area (TPSA) is 42.6 Å². The zero-order valence-corrected chi connectivity index (χ0v) is 9.43. The van der Waals surface area contributed by atoms with Crippen LogP contribution in [0.1, 0.15) is 23.7 Å². The van der Waals surface area contributed by atoms with Crippen LogP contribution >= 0.6 is 0 Å². The van der Waals surface area contributed by atoms with E-state index in [4.69, 9.17) is 9.15 Å². The predicted octanol–water partition coefficient (Wildman–Crippen LogP) is 2.94. The van der Waals surface area contributed by atoms with Gasteiger partial charge < -0.3 is 14.3 Å². The minimum absolute atomic E-state index is 0.0834. The maximum Gasteiger partial charge on any atom is 0.162 e. The van der Waals surface area contributed by atoms with E-state index in [0.29, 0.717) is 13.0 Å². The molecule has 0 radical (unpaired) electrons. The van der Waals surface area contributed by atoms with Gasteiger partial charge in [-0.05, 0) is 12.5 Å². The fourth-order valence-corrected chi connectivity index (χ4v) is 2.46. The van der Waals surface area contributed by atoms with Gasteiger partial charge in [-0.3, -0.25) is 0 Å². The van der Waals surface area contributed by atoms with Crippen LogP contribution in [0.5, 0.6) is 0 Å². The van der Waals surface area contributed by atoms with Crippen molar-refractivity contribution in [3.05, 3.63) is 48.2 Å². The van der Waals surface area contributed by atoms with Gasteiger partial charge in [0.1, 0.15) is 18.0 Å².